The number of aromatic nitrogens is 7. The Morgan fingerprint density at radius 2 is 1.45 bits per heavy atom. The summed E-state index contributed by atoms with van der Waals surface area (Å²) in [4.78, 5) is 48.2. The molecule has 0 bridgehead atoms. The minimum Gasteiger partial charge on any atom is -0.475 e. The third-order valence-electron chi connectivity index (χ3n) is 8.97. The number of aliphatic carboxylic acids is 3. The van der Waals surface area contributed by atoms with E-state index in [1.807, 2.05) is 37.0 Å². The maximum atomic E-state index is 13.4. The van der Waals surface area contributed by atoms with Gasteiger partial charge in [0.2, 0.25) is 11.7 Å². The number of hydrogen-bond acceptors (Lipinski definition) is 12. The number of carboxylic acid groups (broad SMARTS) is 3. The van der Waals surface area contributed by atoms with Crippen LogP contribution < -0.4 is 10.1 Å². The largest absolute Gasteiger partial charge is 0.490 e. The fourth-order valence-electron chi connectivity index (χ4n) is 6.02. The first-order valence-electron chi connectivity index (χ1n) is 18.2. The zero-order valence-electron chi connectivity index (χ0n) is 32.9. The van der Waals surface area contributed by atoms with Crippen molar-refractivity contribution in [2.45, 2.75) is 101 Å². The van der Waals surface area contributed by atoms with E-state index >= 15 is 0 Å². The van der Waals surface area contributed by atoms with Crippen LogP contribution in [0.4, 0.5) is 52.7 Å². The number of nitrogens with one attached hydrogen (secondary N) is 2. The first-order chi connectivity index (χ1) is 29.5. The smallest absolute Gasteiger partial charge is 0.475 e. The van der Waals surface area contributed by atoms with Crippen molar-refractivity contribution in [3.63, 3.8) is 0 Å². The summed E-state index contributed by atoms with van der Waals surface area (Å²) in [6.07, 6.45) is -9.66. The highest BCUT2D eigenvalue weighted by Gasteiger charge is 2.48. The molecule has 1 saturated heterocycles. The van der Waals surface area contributed by atoms with Gasteiger partial charge in [0, 0.05) is 61.1 Å². The Labute approximate surface area is 352 Å². The summed E-state index contributed by atoms with van der Waals surface area (Å²) in [5.41, 5.74) is 2.21. The molecule has 0 unspecified atom stereocenters. The first kappa shape index (κ1) is 52.0. The Hall–Kier alpha value is -6.31. The van der Waals surface area contributed by atoms with E-state index in [1.54, 1.807) is 6.20 Å². The average Bonchev–Trinajstić information content (AvgIpc) is 3.86. The standard InChI is InChI=1S/C29H33F3N10O.3C2HF3O2/c1-18(2)35-13-20-11-24(40-27(39-20)29(30,31)32)43-22-5-3-21(4-6-22)41-15-28(16-41,8-9-33)42-14-19(12-38-42)25-23-7-10-34-26(23)37-17-36-25;3*3-2(4,5)1(6)7/h7,10-12,14,17-18,21-22,35H,3-6,8,13,15-16H2,1-2H3,(H,34,36,37);3*(H,6,7). The van der Waals surface area contributed by atoms with E-state index in [4.69, 9.17) is 34.4 Å². The molecule has 64 heavy (non-hydrogen) atoms. The Bertz CT molecular complexity index is 2180. The van der Waals surface area contributed by atoms with Crippen LogP contribution >= 0.6 is 0 Å². The van der Waals surface area contributed by atoms with Crippen LogP contribution in [0.2, 0.25) is 0 Å². The summed E-state index contributed by atoms with van der Waals surface area (Å²) in [5.74, 6) is -9.50. The van der Waals surface area contributed by atoms with Gasteiger partial charge in [0.25, 0.3) is 0 Å². The monoisotopic (exact) mass is 936 g/mol. The number of halogens is 12. The van der Waals surface area contributed by atoms with Gasteiger partial charge >= 0.3 is 42.6 Å². The maximum absolute atomic E-state index is 13.4. The second-order valence-electron chi connectivity index (χ2n) is 14.1. The Balaban J connectivity index is 0.000000429. The van der Waals surface area contributed by atoms with Crippen molar-refractivity contribution < 1.29 is 87.1 Å². The number of likely N-dealkylation sites (tertiary alicyclic amines) is 1. The van der Waals surface area contributed by atoms with Crippen LogP contribution in [0.15, 0.2) is 37.1 Å². The summed E-state index contributed by atoms with van der Waals surface area (Å²) in [6.45, 7) is 5.40. The Kier molecular flexibility index (Phi) is 17.0. The fourth-order valence-corrected chi connectivity index (χ4v) is 6.02. The number of fused-ring (bicyclic) bond motifs is 1. The molecule has 17 nitrogen and oxygen atoms in total. The van der Waals surface area contributed by atoms with Crippen LogP contribution in [-0.4, -0.2) is 123 Å². The highest BCUT2D eigenvalue weighted by atomic mass is 19.4. The molecule has 29 heteroatoms. The number of hydrogen-bond donors (Lipinski definition) is 5. The summed E-state index contributed by atoms with van der Waals surface area (Å²) in [5, 5.41) is 39.7. The summed E-state index contributed by atoms with van der Waals surface area (Å²) >= 11 is 0. The van der Waals surface area contributed by atoms with Gasteiger partial charge in [0.05, 0.1) is 30.1 Å². The fraction of sp³-hybridized carbons (Fsp3) is 0.514. The number of nitriles is 1. The molecule has 0 radical (unpaired) electrons. The number of nitrogens with zero attached hydrogens (tertiary/aromatic N) is 8. The van der Waals surface area contributed by atoms with Gasteiger partial charge in [-0.3, -0.25) is 9.58 Å². The van der Waals surface area contributed by atoms with Gasteiger partial charge in [-0.05, 0) is 31.7 Å². The van der Waals surface area contributed by atoms with Crippen molar-refractivity contribution in [2.75, 3.05) is 13.1 Å². The van der Waals surface area contributed by atoms with Gasteiger partial charge < -0.3 is 30.4 Å². The summed E-state index contributed by atoms with van der Waals surface area (Å²) in [6, 6.07) is 6.16. The third kappa shape index (κ3) is 14.9. The van der Waals surface area contributed by atoms with E-state index in [9.17, 15) is 57.9 Å². The molecule has 2 fully saturated rings. The van der Waals surface area contributed by atoms with Crippen LogP contribution in [0, 0.1) is 11.3 Å². The van der Waals surface area contributed by atoms with Gasteiger partial charge in [-0.1, -0.05) is 13.8 Å². The molecule has 0 amide bonds. The lowest BCUT2D eigenvalue weighted by Crippen LogP contribution is -2.65. The molecular formula is C35H36F12N10O7. The molecular weight excluding hydrogens is 900 g/mol. The lowest BCUT2D eigenvalue weighted by molar-refractivity contribution is -0.193. The number of rotatable bonds is 9. The minimum absolute atomic E-state index is 0.0431. The van der Waals surface area contributed by atoms with Crippen LogP contribution in [0.1, 0.15) is 57.5 Å². The zero-order valence-corrected chi connectivity index (χ0v) is 32.9. The van der Waals surface area contributed by atoms with Crippen LogP contribution in [0.5, 0.6) is 5.88 Å². The van der Waals surface area contributed by atoms with E-state index in [2.05, 4.69) is 46.3 Å². The second-order valence-corrected chi connectivity index (χ2v) is 14.1. The van der Waals surface area contributed by atoms with Crippen LogP contribution in [0.3, 0.4) is 0 Å². The van der Waals surface area contributed by atoms with Crippen molar-refractivity contribution in [1.29, 1.82) is 5.26 Å². The number of aromatic amines is 1. The zero-order chi connectivity index (χ0) is 48.4. The molecule has 0 atom stereocenters. The van der Waals surface area contributed by atoms with Gasteiger partial charge in [-0.25, -0.2) is 29.3 Å². The molecule has 5 N–H and O–H groups in total. The predicted molar refractivity (Wildman–Crippen MR) is 192 cm³/mol. The number of carboxylic acids is 3. The van der Waals surface area contributed by atoms with E-state index in [1.165, 1.54) is 12.4 Å². The number of H-pyrrole nitrogens is 1. The normalized spacial score (nSPS) is 17.6. The van der Waals surface area contributed by atoms with Gasteiger partial charge in [-0.15, -0.1) is 0 Å². The van der Waals surface area contributed by atoms with E-state index in [0.717, 1.165) is 35.1 Å². The molecule has 1 aliphatic heterocycles. The Morgan fingerprint density at radius 3 is 1.94 bits per heavy atom. The molecule has 4 aromatic rings. The quantitative estimate of drug-likeness (QED) is 0.115. The lowest BCUT2D eigenvalue weighted by atomic mass is 9.82. The third-order valence-corrected chi connectivity index (χ3v) is 8.97. The maximum Gasteiger partial charge on any atom is 0.490 e. The van der Waals surface area contributed by atoms with Crippen LogP contribution in [0.25, 0.3) is 22.3 Å². The molecule has 5 heterocycles. The van der Waals surface area contributed by atoms with Crippen molar-refractivity contribution in [3.05, 3.63) is 48.6 Å². The van der Waals surface area contributed by atoms with Crippen molar-refractivity contribution in [3.8, 4) is 23.2 Å². The molecule has 2 aliphatic rings. The second kappa shape index (κ2) is 20.9. The summed E-state index contributed by atoms with van der Waals surface area (Å²) < 4.78 is 143. The Morgan fingerprint density at radius 1 is 0.906 bits per heavy atom. The topological polar surface area (TPSA) is 245 Å². The molecule has 0 spiro atoms. The van der Waals surface area contributed by atoms with E-state index in [0.29, 0.717) is 38.4 Å². The number of carbonyl (C=O) groups is 3. The predicted octanol–water partition coefficient (Wildman–Crippen LogP) is 6.34. The SMILES string of the molecule is CC(C)NCc1cc(OC2CCC(N3CC(CC#N)(n4cc(-c5ncnc6[nH]ccc56)cn4)C3)CC2)nc(C(F)(F)F)n1.O=C(O)C(F)(F)F.O=C(O)C(F)(F)F.O=C(O)C(F)(F)F. The molecule has 1 saturated carbocycles. The number of ether oxygens (including phenoxy) is 1. The average molecular weight is 937 g/mol. The van der Waals surface area contributed by atoms with Crippen molar-refractivity contribution in [2.24, 2.45) is 0 Å². The molecule has 352 valence electrons. The minimum atomic E-state index is -5.08. The molecule has 6 rings (SSSR count). The molecule has 1 aliphatic carbocycles. The van der Waals surface area contributed by atoms with Crippen molar-refractivity contribution >= 4 is 28.9 Å². The number of alkyl halides is 12. The van der Waals surface area contributed by atoms with Gasteiger partial charge in [0.15, 0.2) is 0 Å². The molecule has 4 aromatic heterocycles. The lowest BCUT2D eigenvalue weighted by Gasteiger charge is -2.53. The van der Waals surface area contributed by atoms with E-state index in [-0.39, 0.29) is 30.3 Å². The van der Waals surface area contributed by atoms with Crippen molar-refractivity contribution in [1.82, 2.24) is 44.9 Å². The van der Waals surface area contributed by atoms with Gasteiger partial charge in [0.1, 0.15) is 23.6 Å². The highest BCUT2D eigenvalue weighted by Crippen LogP contribution is 2.39. The summed E-state index contributed by atoms with van der Waals surface area (Å²) in [7, 11) is 0. The van der Waals surface area contributed by atoms with Crippen LogP contribution in [-0.2, 0) is 32.6 Å². The van der Waals surface area contributed by atoms with E-state index < -0.39 is 54.0 Å². The van der Waals surface area contributed by atoms with Gasteiger partial charge in [-0.2, -0.15) is 68.0 Å². The molecule has 0 aromatic carbocycles. The highest BCUT2D eigenvalue weighted by molar-refractivity contribution is 5.90. The first-order valence-corrected chi connectivity index (χ1v) is 18.2.